The topological polar surface area (TPSA) is 30.3 Å². The molecule has 1 fully saturated rings. The Morgan fingerprint density at radius 1 is 1.08 bits per heavy atom. The number of aryl methyl sites for hydroxylation is 4. The summed E-state index contributed by atoms with van der Waals surface area (Å²) in [5.74, 6) is 2.13. The number of hydrogen-bond acceptors (Lipinski definition) is 3. The summed E-state index contributed by atoms with van der Waals surface area (Å²) < 4.78 is 8.41. The van der Waals surface area contributed by atoms with Crippen LogP contribution in [0, 0.1) is 20.8 Å². The molecule has 0 radical (unpaired) electrons. The van der Waals surface area contributed by atoms with Crippen molar-refractivity contribution in [1.29, 1.82) is 0 Å². The Kier molecular flexibility index (Phi) is 5.56. The molecular formula is C20H29N3O. The van der Waals surface area contributed by atoms with Crippen molar-refractivity contribution in [2.75, 3.05) is 19.6 Å². The normalized spacial score (nSPS) is 16.5. The molecule has 0 bridgehead atoms. The van der Waals surface area contributed by atoms with Gasteiger partial charge < -0.3 is 14.2 Å². The van der Waals surface area contributed by atoms with Gasteiger partial charge in [0.05, 0.1) is 0 Å². The first-order valence-corrected chi connectivity index (χ1v) is 9.06. The van der Waals surface area contributed by atoms with Gasteiger partial charge in [0.25, 0.3) is 0 Å². The van der Waals surface area contributed by atoms with E-state index in [9.17, 15) is 0 Å². The van der Waals surface area contributed by atoms with E-state index in [4.69, 9.17) is 4.74 Å². The number of aromatic nitrogens is 2. The minimum atomic E-state index is 0.360. The average molecular weight is 327 g/mol. The Labute approximate surface area is 145 Å². The molecule has 1 saturated heterocycles. The molecule has 2 heterocycles. The van der Waals surface area contributed by atoms with Crippen molar-refractivity contribution < 1.29 is 4.74 Å². The molecule has 1 aromatic heterocycles. The van der Waals surface area contributed by atoms with Crippen LogP contribution in [0.5, 0.6) is 5.75 Å². The molecule has 24 heavy (non-hydrogen) atoms. The molecule has 2 aromatic rings. The Morgan fingerprint density at radius 2 is 1.88 bits per heavy atom. The molecule has 0 N–H and O–H groups in total. The van der Waals surface area contributed by atoms with Crippen LogP contribution in [0.2, 0.25) is 0 Å². The molecule has 4 nitrogen and oxygen atoms in total. The molecule has 4 heteroatoms. The second-order valence-electron chi connectivity index (χ2n) is 6.93. The summed E-state index contributed by atoms with van der Waals surface area (Å²) in [6.07, 6.45) is 7.73. The van der Waals surface area contributed by atoms with Crippen molar-refractivity contribution in [3.8, 4) is 5.75 Å². The van der Waals surface area contributed by atoms with E-state index in [2.05, 4.69) is 59.6 Å². The fourth-order valence-corrected chi connectivity index (χ4v) is 3.34. The van der Waals surface area contributed by atoms with Gasteiger partial charge in [0.2, 0.25) is 0 Å². The lowest BCUT2D eigenvalue weighted by Gasteiger charge is -2.32. The molecule has 0 atom stereocenters. The lowest BCUT2D eigenvalue weighted by atomic mass is 10.1. The Balaban J connectivity index is 1.39. The Bertz CT molecular complexity index is 657. The maximum absolute atomic E-state index is 6.18. The summed E-state index contributed by atoms with van der Waals surface area (Å²) in [6, 6.07) is 6.41. The zero-order valence-corrected chi connectivity index (χ0v) is 15.2. The fourth-order valence-electron chi connectivity index (χ4n) is 3.34. The number of rotatable bonds is 6. The largest absolute Gasteiger partial charge is 0.490 e. The number of ether oxygens (including phenoxy) is 1. The Hall–Kier alpha value is -1.81. The predicted molar refractivity (Wildman–Crippen MR) is 97.6 cm³/mol. The fraction of sp³-hybridized carbons (Fsp3) is 0.550. The van der Waals surface area contributed by atoms with Gasteiger partial charge in [-0.3, -0.25) is 0 Å². The first-order chi connectivity index (χ1) is 11.6. The standard InChI is InChI=1S/C20H29N3O/c1-16-5-6-20(15-17(16)2)24-19-7-12-22(13-8-19)10-4-11-23-14-9-21-18(23)3/h5-6,9,14-15,19H,4,7-8,10-13H2,1-3H3. The molecule has 1 aliphatic heterocycles. The highest BCUT2D eigenvalue weighted by molar-refractivity contribution is 5.33. The second-order valence-corrected chi connectivity index (χ2v) is 6.93. The predicted octanol–water partition coefficient (Wildman–Crippen LogP) is 3.74. The lowest BCUT2D eigenvalue weighted by molar-refractivity contribution is 0.0991. The van der Waals surface area contributed by atoms with Gasteiger partial charge in [0, 0.05) is 32.0 Å². The lowest BCUT2D eigenvalue weighted by Crippen LogP contribution is -2.39. The van der Waals surface area contributed by atoms with Crippen LogP contribution in [0.15, 0.2) is 30.6 Å². The SMILES string of the molecule is Cc1ccc(OC2CCN(CCCn3ccnc3C)CC2)cc1C. The minimum Gasteiger partial charge on any atom is -0.490 e. The molecule has 130 valence electrons. The van der Waals surface area contributed by atoms with Gasteiger partial charge in [-0.1, -0.05) is 6.07 Å². The van der Waals surface area contributed by atoms with Crippen LogP contribution >= 0.6 is 0 Å². The van der Waals surface area contributed by atoms with Crippen molar-refractivity contribution in [2.24, 2.45) is 0 Å². The number of hydrogen-bond donors (Lipinski definition) is 0. The summed E-state index contributed by atoms with van der Waals surface area (Å²) in [4.78, 5) is 6.84. The highest BCUT2D eigenvalue weighted by atomic mass is 16.5. The quantitative estimate of drug-likeness (QED) is 0.809. The minimum absolute atomic E-state index is 0.360. The molecule has 0 aliphatic carbocycles. The number of imidazole rings is 1. The van der Waals surface area contributed by atoms with Crippen LogP contribution < -0.4 is 4.74 Å². The van der Waals surface area contributed by atoms with Crippen molar-refractivity contribution in [2.45, 2.75) is 52.7 Å². The van der Waals surface area contributed by atoms with Gasteiger partial charge in [0.1, 0.15) is 17.7 Å². The zero-order chi connectivity index (χ0) is 16.9. The third kappa shape index (κ3) is 4.38. The molecule has 0 saturated carbocycles. The zero-order valence-electron chi connectivity index (χ0n) is 15.2. The van der Waals surface area contributed by atoms with Gasteiger partial charge >= 0.3 is 0 Å². The summed E-state index contributed by atoms with van der Waals surface area (Å²) in [6.45, 7) is 10.8. The van der Waals surface area contributed by atoms with E-state index in [1.54, 1.807) is 0 Å². The maximum atomic E-state index is 6.18. The number of nitrogens with zero attached hydrogens (tertiary/aromatic N) is 3. The highest BCUT2D eigenvalue weighted by Crippen LogP contribution is 2.21. The molecule has 1 aliphatic rings. The van der Waals surface area contributed by atoms with Crippen LogP contribution in [-0.4, -0.2) is 40.2 Å². The van der Waals surface area contributed by atoms with Crippen molar-refractivity contribution in [1.82, 2.24) is 14.5 Å². The molecule has 1 aromatic carbocycles. The molecule has 0 amide bonds. The first-order valence-electron chi connectivity index (χ1n) is 9.06. The monoisotopic (exact) mass is 327 g/mol. The van der Waals surface area contributed by atoms with Crippen molar-refractivity contribution >= 4 is 0 Å². The van der Waals surface area contributed by atoms with E-state index in [1.807, 2.05) is 6.20 Å². The van der Waals surface area contributed by atoms with E-state index in [-0.39, 0.29) is 0 Å². The summed E-state index contributed by atoms with van der Waals surface area (Å²) in [7, 11) is 0. The van der Waals surface area contributed by atoms with Crippen LogP contribution in [0.3, 0.4) is 0 Å². The van der Waals surface area contributed by atoms with Crippen LogP contribution in [-0.2, 0) is 6.54 Å². The van der Waals surface area contributed by atoms with Crippen LogP contribution in [0.1, 0.15) is 36.2 Å². The van der Waals surface area contributed by atoms with Gasteiger partial charge in [0.15, 0.2) is 0 Å². The highest BCUT2D eigenvalue weighted by Gasteiger charge is 2.20. The van der Waals surface area contributed by atoms with E-state index in [0.717, 1.165) is 50.6 Å². The van der Waals surface area contributed by atoms with Gasteiger partial charge in [-0.2, -0.15) is 0 Å². The summed E-state index contributed by atoms with van der Waals surface area (Å²) >= 11 is 0. The van der Waals surface area contributed by atoms with Crippen LogP contribution in [0.25, 0.3) is 0 Å². The summed E-state index contributed by atoms with van der Waals surface area (Å²) in [5, 5.41) is 0. The molecular weight excluding hydrogens is 298 g/mol. The van der Waals surface area contributed by atoms with Gasteiger partial charge in [-0.15, -0.1) is 0 Å². The van der Waals surface area contributed by atoms with Crippen molar-refractivity contribution in [3.63, 3.8) is 0 Å². The average Bonchev–Trinajstić information content (AvgIpc) is 2.98. The number of benzene rings is 1. The molecule has 0 spiro atoms. The van der Waals surface area contributed by atoms with E-state index < -0.39 is 0 Å². The van der Waals surface area contributed by atoms with E-state index in [0.29, 0.717) is 6.10 Å². The number of likely N-dealkylation sites (tertiary alicyclic amines) is 1. The molecule has 3 rings (SSSR count). The maximum Gasteiger partial charge on any atom is 0.120 e. The third-order valence-electron chi connectivity index (χ3n) is 5.11. The van der Waals surface area contributed by atoms with Gasteiger partial charge in [-0.05, 0) is 69.8 Å². The van der Waals surface area contributed by atoms with Gasteiger partial charge in [-0.25, -0.2) is 4.98 Å². The number of piperidine rings is 1. The summed E-state index contributed by atoms with van der Waals surface area (Å²) in [5.41, 5.74) is 2.63. The smallest absolute Gasteiger partial charge is 0.120 e. The van der Waals surface area contributed by atoms with E-state index in [1.165, 1.54) is 17.5 Å². The second kappa shape index (κ2) is 7.84. The molecule has 0 unspecified atom stereocenters. The van der Waals surface area contributed by atoms with Crippen molar-refractivity contribution in [3.05, 3.63) is 47.5 Å². The third-order valence-corrected chi connectivity index (χ3v) is 5.11. The first kappa shape index (κ1) is 17.0. The van der Waals surface area contributed by atoms with Crippen LogP contribution in [0.4, 0.5) is 0 Å². The van der Waals surface area contributed by atoms with E-state index >= 15 is 0 Å². The Morgan fingerprint density at radius 3 is 2.54 bits per heavy atom.